The van der Waals surface area contributed by atoms with Crippen molar-refractivity contribution in [1.29, 1.82) is 0 Å². The summed E-state index contributed by atoms with van der Waals surface area (Å²) < 4.78 is 0. The zero-order chi connectivity index (χ0) is 21.5. The summed E-state index contributed by atoms with van der Waals surface area (Å²) in [4.78, 5) is 29.8. The van der Waals surface area contributed by atoms with Crippen molar-refractivity contribution in [3.63, 3.8) is 0 Å². The molecule has 0 radical (unpaired) electrons. The van der Waals surface area contributed by atoms with E-state index in [4.69, 9.17) is 11.6 Å². The number of amides is 2. The van der Waals surface area contributed by atoms with Crippen LogP contribution in [-0.4, -0.2) is 46.0 Å². The first-order valence-corrected chi connectivity index (χ1v) is 11.6. The molecule has 4 rings (SSSR count). The van der Waals surface area contributed by atoms with E-state index in [1.807, 2.05) is 31.2 Å². The molecule has 1 aliphatic carbocycles. The Morgan fingerprint density at radius 3 is 2.70 bits per heavy atom. The Bertz CT molecular complexity index is 966. The maximum Gasteiger partial charge on any atom is 0.248 e. The van der Waals surface area contributed by atoms with E-state index >= 15 is 0 Å². The topological polar surface area (TPSA) is 40.6 Å². The number of thioether (sulfide) groups is 1. The summed E-state index contributed by atoms with van der Waals surface area (Å²) in [6.07, 6.45) is 6.54. The Morgan fingerprint density at radius 2 is 2.03 bits per heavy atom. The summed E-state index contributed by atoms with van der Waals surface area (Å²) in [5.41, 5.74) is 3.90. The molecule has 158 valence electrons. The molecule has 1 aromatic carbocycles. The summed E-state index contributed by atoms with van der Waals surface area (Å²) in [6, 6.07) is 7.50. The number of carbonyl (C=O) groups is 2. The number of likely N-dealkylation sites (N-methyl/N-ethyl adjacent to an activating group) is 1. The highest BCUT2D eigenvalue weighted by Crippen LogP contribution is 2.43. The average Bonchev–Trinajstić information content (AvgIpc) is 3.09. The van der Waals surface area contributed by atoms with Gasteiger partial charge in [-0.25, -0.2) is 0 Å². The van der Waals surface area contributed by atoms with E-state index in [2.05, 4.69) is 24.5 Å². The molecule has 0 spiro atoms. The smallest absolute Gasteiger partial charge is 0.248 e. The average molecular weight is 443 g/mol. The summed E-state index contributed by atoms with van der Waals surface area (Å²) in [5.74, 6) is 0.0259. The second-order valence-corrected chi connectivity index (χ2v) is 10.1. The molecule has 30 heavy (non-hydrogen) atoms. The molecule has 3 aliphatic rings. The van der Waals surface area contributed by atoms with Gasteiger partial charge in [0.2, 0.25) is 11.8 Å². The highest BCUT2D eigenvalue weighted by atomic mass is 35.5. The number of rotatable bonds is 5. The minimum absolute atomic E-state index is 0.0136. The van der Waals surface area contributed by atoms with Crippen molar-refractivity contribution >= 4 is 35.2 Å². The van der Waals surface area contributed by atoms with Gasteiger partial charge in [-0.3, -0.25) is 9.59 Å². The second-order valence-electron chi connectivity index (χ2n) is 8.59. The van der Waals surface area contributed by atoms with Gasteiger partial charge >= 0.3 is 0 Å². The lowest BCUT2D eigenvalue weighted by Crippen LogP contribution is -2.67. The molecule has 2 heterocycles. The van der Waals surface area contributed by atoms with Gasteiger partial charge in [0.1, 0.15) is 5.54 Å². The molecule has 4 nitrogen and oxygen atoms in total. The van der Waals surface area contributed by atoms with Gasteiger partial charge in [-0.2, -0.15) is 0 Å². The molecule has 0 aromatic heterocycles. The van der Waals surface area contributed by atoms with Crippen LogP contribution in [0.1, 0.15) is 38.7 Å². The first-order valence-electron chi connectivity index (χ1n) is 10.3. The van der Waals surface area contributed by atoms with Crippen molar-refractivity contribution < 1.29 is 9.59 Å². The predicted molar refractivity (Wildman–Crippen MR) is 123 cm³/mol. The van der Waals surface area contributed by atoms with Gasteiger partial charge in [-0.15, -0.1) is 11.8 Å². The van der Waals surface area contributed by atoms with Crippen molar-refractivity contribution in [3.05, 3.63) is 69.1 Å². The lowest BCUT2D eigenvalue weighted by molar-refractivity contribution is -0.163. The Labute approximate surface area is 187 Å². The Hall–Kier alpha value is -1.98. The minimum Gasteiger partial charge on any atom is -0.339 e. The molecule has 0 N–H and O–H groups in total. The van der Waals surface area contributed by atoms with E-state index in [1.165, 1.54) is 11.1 Å². The van der Waals surface area contributed by atoms with Gasteiger partial charge in [0.15, 0.2) is 0 Å². The normalized spacial score (nSPS) is 25.0. The fourth-order valence-electron chi connectivity index (χ4n) is 4.41. The fraction of sp³-hybridized carbons (Fsp3) is 0.417. The van der Waals surface area contributed by atoms with Crippen molar-refractivity contribution in [2.75, 3.05) is 13.6 Å². The molecular weight excluding hydrogens is 416 g/mol. The van der Waals surface area contributed by atoms with Crippen LogP contribution in [-0.2, 0) is 16.1 Å². The fourth-order valence-corrected chi connectivity index (χ4v) is 5.66. The van der Waals surface area contributed by atoms with Gasteiger partial charge in [0.25, 0.3) is 0 Å². The van der Waals surface area contributed by atoms with Crippen LogP contribution in [0.3, 0.4) is 0 Å². The van der Waals surface area contributed by atoms with Crippen LogP contribution >= 0.6 is 23.4 Å². The molecular formula is C24H27ClN2O2S. The molecule has 0 saturated carbocycles. The Morgan fingerprint density at radius 1 is 1.30 bits per heavy atom. The predicted octanol–water partition coefficient (Wildman–Crippen LogP) is 4.96. The van der Waals surface area contributed by atoms with E-state index in [1.54, 1.807) is 28.6 Å². The van der Waals surface area contributed by atoms with Gasteiger partial charge < -0.3 is 9.80 Å². The highest BCUT2D eigenvalue weighted by Gasteiger charge is 2.50. The number of nitrogens with zero attached hydrogens (tertiary/aromatic N) is 2. The van der Waals surface area contributed by atoms with Crippen molar-refractivity contribution in [3.8, 4) is 0 Å². The lowest BCUT2D eigenvalue weighted by Gasteiger charge is -2.50. The summed E-state index contributed by atoms with van der Waals surface area (Å²) in [7, 11) is 1.80. The van der Waals surface area contributed by atoms with Crippen molar-refractivity contribution in [1.82, 2.24) is 9.80 Å². The third-order valence-corrected chi connectivity index (χ3v) is 7.78. The molecule has 0 bridgehead atoms. The molecule has 2 amide bonds. The summed E-state index contributed by atoms with van der Waals surface area (Å²) in [5, 5.41) is 3.24. The zero-order valence-electron chi connectivity index (χ0n) is 17.7. The molecule has 2 atom stereocenters. The number of benzene rings is 1. The number of carbonyl (C=O) groups excluding carboxylic acids is 2. The van der Waals surface area contributed by atoms with E-state index in [9.17, 15) is 9.59 Å². The molecule has 2 unspecified atom stereocenters. The van der Waals surface area contributed by atoms with Crippen LogP contribution < -0.4 is 0 Å². The maximum absolute atomic E-state index is 13.2. The number of allylic oxidation sites excluding steroid dienone is 3. The van der Waals surface area contributed by atoms with Crippen molar-refractivity contribution in [2.45, 2.75) is 50.4 Å². The van der Waals surface area contributed by atoms with Crippen LogP contribution in [0.5, 0.6) is 0 Å². The molecule has 1 saturated heterocycles. The van der Waals surface area contributed by atoms with Gasteiger partial charge in [-0.05, 0) is 60.9 Å². The van der Waals surface area contributed by atoms with Crippen molar-refractivity contribution in [2.24, 2.45) is 0 Å². The summed E-state index contributed by atoms with van der Waals surface area (Å²) in [6.45, 7) is 5.13. The quantitative estimate of drug-likeness (QED) is 0.647. The lowest BCUT2D eigenvalue weighted by atomic mass is 9.83. The third-order valence-electron chi connectivity index (χ3n) is 6.33. The van der Waals surface area contributed by atoms with Gasteiger partial charge in [0.05, 0.1) is 6.42 Å². The highest BCUT2D eigenvalue weighted by molar-refractivity contribution is 8.03. The zero-order valence-corrected chi connectivity index (χ0v) is 19.2. The van der Waals surface area contributed by atoms with Gasteiger partial charge in [-0.1, -0.05) is 41.5 Å². The van der Waals surface area contributed by atoms with Crippen LogP contribution in [0, 0.1) is 0 Å². The second kappa shape index (κ2) is 8.27. The number of hydrogen-bond acceptors (Lipinski definition) is 3. The third kappa shape index (κ3) is 3.97. The number of likely N-dealkylation sites (tertiary alicyclic amines) is 1. The SMILES string of the molecule is CC1=CCC2SC=C(CC(=O)N3CCC3(C)C(=O)N(C)Cc3ccc(Cl)cc3)C2=C1. The Balaban J connectivity index is 1.41. The summed E-state index contributed by atoms with van der Waals surface area (Å²) >= 11 is 7.75. The molecule has 2 aliphatic heterocycles. The minimum atomic E-state index is -0.763. The van der Waals surface area contributed by atoms with Gasteiger partial charge in [0, 0.05) is 30.4 Å². The van der Waals surface area contributed by atoms with Crippen LogP contribution in [0.25, 0.3) is 0 Å². The van der Waals surface area contributed by atoms with Crippen LogP contribution in [0.2, 0.25) is 5.02 Å². The Kier molecular flexibility index (Phi) is 5.86. The number of halogens is 1. The van der Waals surface area contributed by atoms with Crippen LogP contribution in [0.15, 0.2) is 58.5 Å². The first kappa shape index (κ1) is 21.3. The van der Waals surface area contributed by atoms with E-state index in [0.717, 1.165) is 17.6 Å². The molecule has 6 heteroatoms. The van der Waals surface area contributed by atoms with E-state index in [-0.39, 0.29) is 11.8 Å². The molecule has 1 fully saturated rings. The first-order chi connectivity index (χ1) is 14.3. The maximum atomic E-state index is 13.2. The largest absolute Gasteiger partial charge is 0.339 e. The van der Waals surface area contributed by atoms with E-state index < -0.39 is 5.54 Å². The standard InChI is InChI=1S/C24H27ClN2O2S/c1-16-4-9-21-20(12-16)18(15-30-21)13-22(28)27-11-10-24(27,2)23(29)26(3)14-17-5-7-19(25)8-6-17/h4-8,12,15,21H,9-11,13-14H2,1-3H3. The molecule has 1 aromatic rings. The number of fused-ring (bicyclic) bond motifs is 1. The van der Waals surface area contributed by atoms with E-state index in [0.29, 0.717) is 36.2 Å². The number of hydrogen-bond donors (Lipinski definition) is 0. The monoisotopic (exact) mass is 442 g/mol. The van der Waals surface area contributed by atoms with Crippen LogP contribution in [0.4, 0.5) is 0 Å².